The fraction of sp³-hybridized carbons (Fsp3) is 0.545. The lowest BCUT2D eigenvalue weighted by Crippen LogP contribution is -2.28. The Balaban J connectivity index is 2.73. The van der Waals surface area contributed by atoms with Crippen molar-refractivity contribution in [3.8, 4) is 0 Å². The zero-order valence-electron chi connectivity index (χ0n) is 9.81. The van der Waals surface area contributed by atoms with Crippen molar-refractivity contribution < 1.29 is 0 Å². The summed E-state index contributed by atoms with van der Waals surface area (Å²) in [6.45, 7) is 5.87. The summed E-state index contributed by atoms with van der Waals surface area (Å²) >= 11 is 4.88. The summed E-state index contributed by atoms with van der Waals surface area (Å²) in [6.07, 6.45) is 3.24. The van der Waals surface area contributed by atoms with Gasteiger partial charge in [0, 0.05) is 31.3 Å². The molecule has 0 aromatic carbocycles. The second-order valence-electron chi connectivity index (χ2n) is 3.52. The molecule has 0 spiro atoms. The number of rotatable bonds is 6. The Morgan fingerprint density at radius 2 is 2.19 bits per heavy atom. The van der Waals surface area contributed by atoms with Crippen LogP contribution in [-0.2, 0) is 6.42 Å². The molecule has 1 heterocycles. The lowest BCUT2D eigenvalue weighted by atomic mass is 10.3. The normalized spacial score (nSPS) is 10.1. The first-order chi connectivity index (χ1) is 7.67. The lowest BCUT2D eigenvalue weighted by Gasteiger charge is -2.21. The third kappa shape index (κ3) is 3.73. The Kier molecular flexibility index (Phi) is 5.11. The van der Waals surface area contributed by atoms with Gasteiger partial charge in [0.1, 0.15) is 12.1 Å². The summed E-state index contributed by atoms with van der Waals surface area (Å²) in [4.78, 5) is 11.1. The molecule has 2 N–H and O–H groups in total. The molecule has 0 aliphatic heterocycles. The number of aromatic nitrogens is 2. The minimum Gasteiger partial charge on any atom is -0.393 e. The van der Waals surface area contributed by atoms with Crippen molar-refractivity contribution in [2.45, 2.75) is 26.7 Å². The van der Waals surface area contributed by atoms with E-state index in [-0.39, 0.29) is 0 Å². The average Bonchev–Trinajstić information content (AvgIpc) is 2.30. The maximum Gasteiger partial charge on any atom is 0.132 e. The Morgan fingerprint density at radius 1 is 1.44 bits per heavy atom. The average molecular weight is 238 g/mol. The number of aryl methyl sites for hydroxylation is 1. The number of hydrogen-bond donors (Lipinski definition) is 1. The van der Waals surface area contributed by atoms with Crippen molar-refractivity contribution in [3.63, 3.8) is 0 Å². The summed E-state index contributed by atoms with van der Waals surface area (Å²) in [5, 5.41) is 0. The van der Waals surface area contributed by atoms with E-state index in [9.17, 15) is 0 Å². The molecular formula is C11H18N4S. The van der Waals surface area contributed by atoms with Crippen LogP contribution in [0.2, 0.25) is 0 Å². The van der Waals surface area contributed by atoms with E-state index in [1.807, 2.05) is 6.07 Å². The number of thiocarbonyl (C=S) groups is 1. The van der Waals surface area contributed by atoms with Gasteiger partial charge >= 0.3 is 0 Å². The van der Waals surface area contributed by atoms with E-state index in [0.29, 0.717) is 11.4 Å². The Labute approximate surface area is 102 Å². The molecule has 88 valence electrons. The molecule has 4 nitrogen and oxygen atoms in total. The highest BCUT2D eigenvalue weighted by Gasteiger charge is 2.06. The van der Waals surface area contributed by atoms with Gasteiger partial charge in [-0.1, -0.05) is 19.1 Å². The fourth-order valence-corrected chi connectivity index (χ4v) is 1.52. The number of nitrogens with two attached hydrogens (primary N) is 1. The Hall–Kier alpha value is -1.23. The molecule has 0 amide bonds. The summed E-state index contributed by atoms with van der Waals surface area (Å²) < 4.78 is 0. The molecule has 5 heteroatoms. The van der Waals surface area contributed by atoms with E-state index < -0.39 is 0 Å². The zero-order chi connectivity index (χ0) is 12.0. The monoisotopic (exact) mass is 238 g/mol. The minimum atomic E-state index is 0.545. The summed E-state index contributed by atoms with van der Waals surface area (Å²) in [5.41, 5.74) is 6.56. The molecule has 0 atom stereocenters. The summed E-state index contributed by atoms with van der Waals surface area (Å²) in [5.74, 6) is 0.950. The quantitative estimate of drug-likeness (QED) is 0.762. The van der Waals surface area contributed by atoms with Gasteiger partial charge in [-0.2, -0.15) is 0 Å². The van der Waals surface area contributed by atoms with Crippen LogP contribution in [0.4, 0.5) is 5.82 Å². The van der Waals surface area contributed by atoms with Crippen molar-refractivity contribution in [3.05, 3.63) is 18.1 Å². The molecule has 0 aliphatic carbocycles. The Morgan fingerprint density at radius 3 is 2.75 bits per heavy atom. The van der Waals surface area contributed by atoms with Gasteiger partial charge in [-0.25, -0.2) is 9.97 Å². The molecule has 0 aliphatic rings. The van der Waals surface area contributed by atoms with Gasteiger partial charge in [0.05, 0.1) is 4.99 Å². The number of nitrogens with zero attached hydrogens (tertiary/aromatic N) is 3. The van der Waals surface area contributed by atoms with Crippen LogP contribution in [0.25, 0.3) is 0 Å². The topological polar surface area (TPSA) is 55.0 Å². The second kappa shape index (κ2) is 6.37. The lowest BCUT2D eigenvalue weighted by molar-refractivity contribution is 0.811. The van der Waals surface area contributed by atoms with E-state index in [0.717, 1.165) is 31.0 Å². The van der Waals surface area contributed by atoms with Crippen LogP contribution in [0.1, 0.15) is 26.0 Å². The van der Waals surface area contributed by atoms with Crippen molar-refractivity contribution >= 4 is 23.0 Å². The van der Waals surface area contributed by atoms with E-state index in [2.05, 4.69) is 28.7 Å². The van der Waals surface area contributed by atoms with Crippen molar-refractivity contribution in [1.82, 2.24) is 9.97 Å². The van der Waals surface area contributed by atoms with Gasteiger partial charge in [0.15, 0.2) is 0 Å². The number of hydrogen-bond acceptors (Lipinski definition) is 4. The molecule has 0 fully saturated rings. The van der Waals surface area contributed by atoms with Crippen LogP contribution in [0.3, 0.4) is 0 Å². The van der Waals surface area contributed by atoms with Crippen LogP contribution < -0.4 is 10.6 Å². The van der Waals surface area contributed by atoms with E-state index in [1.54, 1.807) is 6.33 Å². The highest BCUT2D eigenvalue weighted by Crippen LogP contribution is 2.11. The van der Waals surface area contributed by atoms with Gasteiger partial charge in [-0.3, -0.25) is 0 Å². The largest absolute Gasteiger partial charge is 0.393 e. The van der Waals surface area contributed by atoms with Crippen LogP contribution in [0.15, 0.2) is 12.4 Å². The zero-order valence-corrected chi connectivity index (χ0v) is 10.6. The van der Waals surface area contributed by atoms with Crippen molar-refractivity contribution in [2.24, 2.45) is 5.73 Å². The van der Waals surface area contributed by atoms with Gasteiger partial charge in [0.25, 0.3) is 0 Å². The predicted molar refractivity (Wildman–Crippen MR) is 70.7 cm³/mol. The third-order valence-corrected chi connectivity index (χ3v) is 2.61. The molecule has 0 bridgehead atoms. The van der Waals surface area contributed by atoms with Crippen LogP contribution in [-0.4, -0.2) is 28.0 Å². The third-order valence-electron chi connectivity index (χ3n) is 2.41. The Bertz CT molecular complexity index is 354. The van der Waals surface area contributed by atoms with Gasteiger partial charge < -0.3 is 10.6 Å². The molecule has 1 aromatic rings. The minimum absolute atomic E-state index is 0.545. The summed E-state index contributed by atoms with van der Waals surface area (Å²) in [7, 11) is 0. The summed E-state index contributed by atoms with van der Waals surface area (Å²) in [6, 6.07) is 2.02. The molecule has 0 radical (unpaired) electrons. The maximum absolute atomic E-state index is 5.50. The molecule has 0 unspecified atom stereocenters. The van der Waals surface area contributed by atoms with Crippen molar-refractivity contribution in [2.75, 3.05) is 18.0 Å². The van der Waals surface area contributed by atoms with E-state index in [1.165, 1.54) is 0 Å². The van der Waals surface area contributed by atoms with Crippen molar-refractivity contribution in [1.29, 1.82) is 0 Å². The van der Waals surface area contributed by atoms with E-state index in [4.69, 9.17) is 18.0 Å². The second-order valence-corrected chi connectivity index (χ2v) is 4.04. The highest BCUT2D eigenvalue weighted by molar-refractivity contribution is 7.80. The molecule has 16 heavy (non-hydrogen) atoms. The molecular weight excluding hydrogens is 220 g/mol. The van der Waals surface area contributed by atoms with Crippen LogP contribution >= 0.6 is 12.2 Å². The first kappa shape index (κ1) is 12.8. The van der Waals surface area contributed by atoms with Gasteiger partial charge in [-0.05, 0) is 13.3 Å². The van der Waals surface area contributed by atoms with Gasteiger partial charge in [0.2, 0.25) is 0 Å². The first-order valence-corrected chi connectivity index (χ1v) is 5.92. The predicted octanol–water partition coefficient (Wildman–Crippen LogP) is 1.54. The molecule has 0 saturated carbocycles. The highest BCUT2D eigenvalue weighted by atomic mass is 32.1. The van der Waals surface area contributed by atoms with E-state index >= 15 is 0 Å². The molecule has 1 rings (SSSR count). The molecule has 1 aromatic heterocycles. The standard InChI is InChI=1S/C11H18N4S/c1-3-9-7-11(14-8-13-9)15(4-2)6-5-10(12)16/h7-8H,3-6H2,1-2H3,(H2,12,16). The van der Waals surface area contributed by atoms with Crippen LogP contribution in [0, 0.1) is 0 Å². The fourth-order valence-electron chi connectivity index (χ4n) is 1.43. The molecule has 0 saturated heterocycles. The maximum atomic E-state index is 5.50. The first-order valence-electron chi connectivity index (χ1n) is 5.51. The number of anilines is 1. The van der Waals surface area contributed by atoms with Crippen LogP contribution in [0.5, 0.6) is 0 Å². The smallest absolute Gasteiger partial charge is 0.132 e. The van der Waals surface area contributed by atoms with Gasteiger partial charge in [-0.15, -0.1) is 0 Å². The SMILES string of the molecule is CCc1cc(N(CC)CCC(N)=S)ncn1.